The van der Waals surface area contributed by atoms with E-state index in [0.29, 0.717) is 22.8 Å². The van der Waals surface area contributed by atoms with Crippen LogP contribution in [0.15, 0.2) is 41.5 Å². The maximum Gasteiger partial charge on any atom is 0.422 e. The fourth-order valence-electron chi connectivity index (χ4n) is 2.41. The molecule has 0 aliphatic rings. The Morgan fingerprint density at radius 3 is 2.47 bits per heavy atom. The molecule has 0 unspecified atom stereocenters. The van der Waals surface area contributed by atoms with E-state index >= 15 is 0 Å². The summed E-state index contributed by atoms with van der Waals surface area (Å²) in [7, 11) is 2.95. The molecule has 1 aromatic heterocycles. The van der Waals surface area contributed by atoms with Crippen molar-refractivity contribution in [2.24, 2.45) is 4.99 Å². The van der Waals surface area contributed by atoms with Crippen molar-refractivity contribution in [2.75, 3.05) is 20.8 Å². The van der Waals surface area contributed by atoms with Gasteiger partial charge in [0.1, 0.15) is 11.5 Å². The first kappa shape index (κ1) is 27.5. The fraction of sp³-hybridized carbons (Fsp3) is 0.368. The van der Waals surface area contributed by atoms with Crippen LogP contribution >= 0.6 is 24.0 Å². The third-order valence-electron chi connectivity index (χ3n) is 3.80. The molecule has 0 radical (unpaired) electrons. The topological polar surface area (TPSA) is 77.0 Å². The van der Waals surface area contributed by atoms with Crippen LogP contribution in [0.3, 0.4) is 0 Å². The van der Waals surface area contributed by atoms with Gasteiger partial charge in [-0.25, -0.2) is 4.98 Å². The summed E-state index contributed by atoms with van der Waals surface area (Å²) in [5, 5.41) is 5.90. The largest absolute Gasteiger partial charge is 0.497 e. The molecule has 0 aliphatic carbocycles. The average Bonchev–Trinajstić information content (AvgIpc) is 2.72. The van der Waals surface area contributed by atoms with Crippen LogP contribution in [0.5, 0.6) is 17.4 Å². The second-order valence-electron chi connectivity index (χ2n) is 6.04. The zero-order chi connectivity index (χ0) is 22.9. The van der Waals surface area contributed by atoms with Gasteiger partial charge in [-0.1, -0.05) is 0 Å². The number of pyridine rings is 1. The zero-order valence-corrected chi connectivity index (χ0v) is 19.4. The van der Waals surface area contributed by atoms with Crippen molar-refractivity contribution in [1.29, 1.82) is 0 Å². The van der Waals surface area contributed by atoms with E-state index in [1.165, 1.54) is 38.6 Å². The number of nitrogens with one attached hydrogen (secondary N) is 2. The Hall–Kier alpha value is -2.58. The summed E-state index contributed by atoms with van der Waals surface area (Å²) in [4.78, 5) is 7.75. The van der Waals surface area contributed by atoms with Crippen LogP contribution in [0.25, 0.3) is 0 Å². The van der Waals surface area contributed by atoms with Gasteiger partial charge in [-0.3, -0.25) is 4.99 Å². The number of hydrogen-bond acceptors (Lipinski definition) is 5. The lowest BCUT2D eigenvalue weighted by molar-refractivity contribution is -0.154. The molecule has 2 aromatic rings. The van der Waals surface area contributed by atoms with Crippen molar-refractivity contribution in [3.8, 4) is 17.4 Å². The van der Waals surface area contributed by atoms with Gasteiger partial charge in [-0.15, -0.1) is 24.0 Å². The maximum absolute atomic E-state index is 12.6. The second kappa shape index (κ2) is 13.1. The van der Waals surface area contributed by atoms with Gasteiger partial charge in [-0.05, 0) is 29.8 Å². The van der Waals surface area contributed by atoms with Crippen molar-refractivity contribution < 1.29 is 36.2 Å². The summed E-state index contributed by atoms with van der Waals surface area (Å²) in [5.74, 6) is 0.606. The highest BCUT2D eigenvalue weighted by atomic mass is 127. The second-order valence-corrected chi connectivity index (χ2v) is 6.04. The maximum atomic E-state index is 12.6. The van der Waals surface area contributed by atoms with E-state index < -0.39 is 19.4 Å². The van der Waals surface area contributed by atoms with E-state index in [4.69, 9.17) is 4.74 Å². The Morgan fingerprint density at radius 1 is 1.12 bits per heavy atom. The minimum absolute atomic E-state index is 0. The number of benzene rings is 1. The van der Waals surface area contributed by atoms with E-state index in [0.717, 1.165) is 0 Å². The van der Waals surface area contributed by atoms with E-state index in [9.17, 15) is 22.0 Å². The van der Waals surface area contributed by atoms with E-state index in [2.05, 4.69) is 30.1 Å². The molecule has 0 saturated carbocycles. The smallest absolute Gasteiger partial charge is 0.422 e. The standard InChI is InChI=1S/C19H21F5N4O3.HI/c1-25-18(27-9-12-5-6-26-16(7-12)30-11-19(22,23)24)28-10-13-8-14(29-2)3-4-15(13)31-17(20)21;/h3-8,17H,9-11H2,1-2H3,(H2,25,27,28);1H. The third kappa shape index (κ3) is 9.70. The van der Waals surface area contributed by atoms with E-state index in [1.54, 1.807) is 12.1 Å². The summed E-state index contributed by atoms with van der Waals surface area (Å²) in [6, 6.07) is 7.37. The van der Waals surface area contributed by atoms with Gasteiger partial charge in [0.25, 0.3) is 0 Å². The molecule has 0 atom stereocenters. The summed E-state index contributed by atoms with van der Waals surface area (Å²) in [6.07, 6.45) is -3.14. The molecule has 2 N–H and O–H groups in total. The predicted molar refractivity (Wildman–Crippen MR) is 118 cm³/mol. The Labute approximate surface area is 198 Å². The van der Waals surface area contributed by atoms with Crippen molar-refractivity contribution in [1.82, 2.24) is 15.6 Å². The van der Waals surface area contributed by atoms with Crippen LogP contribution in [-0.4, -0.2) is 44.5 Å². The Bertz CT molecular complexity index is 884. The van der Waals surface area contributed by atoms with Gasteiger partial charge in [0.15, 0.2) is 12.6 Å². The Kier molecular flexibility index (Phi) is 11.2. The molecule has 32 heavy (non-hydrogen) atoms. The number of nitrogens with zero attached hydrogens (tertiary/aromatic N) is 2. The Morgan fingerprint density at radius 2 is 1.84 bits per heavy atom. The van der Waals surface area contributed by atoms with Crippen molar-refractivity contribution in [2.45, 2.75) is 25.9 Å². The number of halogens is 6. The molecule has 7 nitrogen and oxygen atoms in total. The SMILES string of the molecule is CN=C(NCc1ccnc(OCC(F)(F)F)c1)NCc1cc(OC)ccc1OC(F)F.I. The molecule has 0 spiro atoms. The molecule has 0 fully saturated rings. The lowest BCUT2D eigenvalue weighted by atomic mass is 10.2. The molecule has 1 heterocycles. The molecule has 13 heteroatoms. The van der Waals surface area contributed by atoms with E-state index in [-0.39, 0.29) is 48.7 Å². The van der Waals surface area contributed by atoms with Gasteiger partial charge in [0.05, 0.1) is 7.11 Å². The zero-order valence-electron chi connectivity index (χ0n) is 17.1. The van der Waals surface area contributed by atoms with Crippen molar-refractivity contribution in [3.63, 3.8) is 0 Å². The first-order chi connectivity index (χ1) is 14.7. The molecule has 1 aromatic carbocycles. The van der Waals surface area contributed by atoms with Gasteiger partial charge in [0.2, 0.25) is 5.88 Å². The molecular weight excluding hydrogens is 554 g/mol. The molecular formula is C19H22F5IN4O3. The van der Waals surface area contributed by atoms with Crippen molar-refractivity contribution in [3.05, 3.63) is 47.7 Å². The number of alkyl halides is 5. The van der Waals surface area contributed by atoms with Crippen molar-refractivity contribution >= 4 is 29.9 Å². The highest BCUT2D eigenvalue weighted by molar-refractivity contribution is 14.0. The average molecular weight is 576 g/mol. The molecule has 0 aliphatic heterocycles. The number of rotatable bonds is 9. The van der Waals surface area contributed by atoms with Crippen LogP contribution in [-0.2, 0) is 13.1 Å². The van der Waals surface area contributed by atoms with Gasteiger partial charge in [-0.2, -0.15) is 22.0 Å². The molecule has 0 bridgehead atoms. The number of aromatic nitrogens is 1. The van der Waals surface area contributed by atoms with Crippen LogP contribution in [0.4, 0.5) is 22.0 Å². The first-order valence-corrected chi connectivity index (χ1v) is 8.91. The number of methoxy groups -OCH3 is 1. The minimum atomic E-state index is -4.46. The van der Waals surface area contributed by atoms with Crippen LogP contribution in [0.2, 0.25) is 0 Å². The number of hydrogen-bond donors (Lipinski definition) is 2. The number of ether oxygens (including phenoxy) is 3. The molecule has 2 rings (SSSR count). The van der Waals surface area contributed by atoms with Gasteiger partial charge >= 0.3 is 12.8 Å². The monoisotopic (exact) mass is 576 g/mol. The normalized spacial score (nSPS) is 11.6. The quantitative estimate of drug-likeness (QED) is 0.203. The highest BCUT2D eigenvalue weighted by Gasteiger charge is 2.28. The summed E-state index contributed by atoms with van der Waals surface area (Å²) in [5.41, 5.74) is 1.01. The lowest BCUT2D eigenvalue weighted by Gasteiger charge is -2.15. The number of guanidine groups is 1. The van der Waals surface area contributed by atoms with E-state index in [1.807, 2.05) is 0 Å². The molecule has 0 amide bonds. The fourth-order valence-corrected chi connectivity index (χ4v) is 2.41. The van der Waals surface area contributed by atoms with Crippen LogP contribution < -0.4 is 24.8 Å². The van der Waals surface area contributed by atoms with Gasteiger partial charge in [0, 0.05) is 38.0 Å². The summed E-state index contributed by atoms with van der Waals surface area (Å²) < 4.78 is 76.3. The highest BCUT2D eigenvalue weighted by Crippen LogP contribution is 2.25. The Balaban J connectivity index is 0.00000512. The predicted octanol–water partition coefficient (Wildman–Crippen LogP) is 4.12. The van der Waals surface area contributed by atoms with Crippen LogP contribution in [0, 0.1) is 0 Å². The number of aliphatic imine (C=N–C) groups is 1. The summed E-state index contributed by atoms with van der Waals surface area (Å²) >= 11 is 0. The lowest BCUT2D eigenvalue weighted by Crippen LogP contribution is -2.36. The van der Waals surface area contributed by atoms with Gasteiger partial charge < -0.3 is 24.8 Å². The first-order valence-electron chi connectivity index (χ1n) is 8.91. The molecule has 0 saturated heterocycles. The third-order valence-corrected chi connectivity index (χ3v) is 3.80. The van der Waals surface area contributed by atoms with Crippen LogP contribution in [0.1, 0.15) is 11.1 Å². The minimum Gasteiger partial charge on any atom is -0.497 e. The molecule has 178 valence electrons. The summed E-state index contributed by atoms with van der Waals surface area (Å²) in [6.45, 7) is -4.13.